The minimum Gasteiger partial charge on any atom is -0.478 e. The van der Waals surface area contributed by atoms with Gasteiger partial charge in [0.2, 0.25) is 0 Å². The number of ether oxygens (including phenoxy) is 2. The molecule has 3 saturated heterocycles. The summed E-state index contributed by atoms with van der Waals surface area (Å²) in [6.45, 7) is 16.1. The zero-order valence-corrected chi connectivity index (χ0v) is 21.5. The Bertz CT molecular complexity index is 931. The first-order chi connectivity index (χ1) is 16.9. The highest BCUT2D eigenvalue weighted by Gasteiger charge is 2.53. The van der Waals surface area contributed by atoms with E-state index < -0.39 is 0 Å². The van der Waals surface area contributed by atoms with Gasteiger partial charge in [0.1, 0.15) is 23.7 Å². The predicted molar refractivity (Wildman–Crippen MR) is 138 cm³/mol. The molecule has 0 amide bonds. The molecule has 7 nitrogen and oxygen atoms in total. The Labute approximate surface area is 209 Å². The number of likely N-dealkylation sites (tertiary alicyclic amines) is 2. The lowest BCUT2D eigenvalue weighted by molar-refractivity contribution is -0.0985. The summed E-state index contributed by atoms with van der Waals surface area (Å²) in [4.78, 5) is 16.2. The normalized spacial score (nSPS) is 24.3. The van der Waals surface area contributed by atoms with Gasteiger partial charge in [-0.2, -0.15) is 0 Å². The second kappa shape index (κ2) is 10.4. The molecule has 5 rings (SSSR count). The third-order valence-corrected chi connectivity index (χ3v) is 7.68. The van der Waals surface area contributed by atoms with E-state index in [1.165, 1.54) is 38.5 Å². The van der Waals surface area contributed by atoms with Crippen LogP contribution in [0.2, 0.25) is 0 Å². The third-order valence-electron chi connectivity index (χ3n) is 7.68. The number of anilines is 1. The van der Waals surface area contributed by atoms with Crippen molar-refractivity contribution in [1.82, 2.24) is 9.80 Å². The monoisotopic (exact) mass is 485 g/mol. The van der Waals surface area contributed by atoms with Crippen LogP contribution in [0.1, 0.15) is 33.6 Å². The zero-order valence-electron chi connectivity index (χ0n) is 21.5. The van der Waals surface area contributed by atoms with Gasteiger partial charge in [0.15, 0.2) is 6.10 Å². The average Bonchev–Trinajstić information content (AvgIpc) is 2.80. The van der Waals surface area contributed by atoms with Gasteiger partial charge in [0.05, 0.1) is 12.2 Å². The van der Waals surface area contributed by atoms with Gasteiger partial charge in [-0.25, -0.2) is 9.38 Å². The van der Waals surface area contributed by atoms with E-state index >= 15 is 0 Å². The Hall–Kier alpha value is -2.19. The van der Waals surface area contributed by atoms with Crippen molar-refractivity contribution in [3.8, 4) is 5.75 Å². The van der Waals surface area contributed by atoms with Crippen molar-refractivity contribution in [1.29, 1.82) is 0 Å². The molecule has 1 aromatic carbocycles. The molecule has 0 N–H and O–H groups in total. The summed E-state index contributed by atoms with van der Waals surface area (Å²) in [6.07, 6.45) is 3.80. The van der Waals surface area contributed by atoms with Crippen LogP contribution >= 0.6 is 0 Å². The molecule has 4 aliphatic heterocycles. The summed E-state index contributed by atoms with van der Waals surface area (Å²) < 4.78 is 26.2. The van der Waals surface area contributed by atoms with E-state index in [1.807, 2.05) is 0 Å². The highest BCUT2D eigenvalue weighted by molar-refractivity contribution is 5.95. The van der Waals surface area contributed by atoms with E-state index in [0.29, 0.717) is 23.6 Å². The fraction of sp³-hybridized carbons (Fsp3) is 0.704. The summed E-state index contributed by atoms with van der Waals surface area (Å²) in [6, 6.07) is 4.82. The van der Waals surface area contributed by atoms with Crippen molar-refractivity contribution in [3.63, 3.8) is 0 Å². The molecule has 1 aromatic rings. The highest BCUT2D eigenvalue weighted by Crippen LogP contribution is 2.41. The van der Waals surface area contributed by atoms with E-state index in [0.717, 1.165) is 56.8 Å². The number of hydrogen-bond acceptors (Lipinski definition) is 7. The molecule has 3 fully saturated rings. The molecule has 4 aliphatic rings. The second-order valence-electron chi connectivity index (χ2n) is 11.2. The van der Waals surface area contributed by atoms with Gasteiger partial charge in [0, 0.05) is 70.5 Å². The Morgan fingerprint density at radius 1 is 1.20 bits per heavy atom. The molecule has 4 heterocycles. The molecule has 1 atom stereocenters. The first-order valence-corrected chi connectivity index (χ1v) is 13.3. The topological polar surface area (TPSA) is 52.9 Å². The van der Waals surface area contributed by atoms with Crippen LogP contribution in [0.4, 0.5) is 10.1 Å². The second-order valence-corrected chi connectivity index (χ2v) is 11.2. The number of benzene rings is 1. The lowest BCUT2D eigenvalue weighted by Crippen LogP contribution is -2.74. The predicted octanol–water partition coefficient (Wildman–Crippen LogP) is 3.54. The average molecular weight is 486 g/mol. The number of hydrogen-bond donors (Lipinski definition) is 0. The molecule has 8 heteroatoms. The van der Waals surface area contributed by atoms with Crippen molar-refractivity contribution >= 4 is 17.9 Å². The third kappa shape index (κ3) is 5.48. The first-order valence-electron chi connectivity index (χ1n) is 13.3. The maximum absolute atomic E-state index is 14.2. The Morgan fingerprint density at radius 3 is 2.69 bits per heavy atom. The lowest BCUT2D eigenvalue weighted by Gasteiger charge is -2.62. The van der Waals surface area contributed by atoms with E-state index in [2.05, 4.69) is 45.5 Å². The number of amidine groups is 1. The quantitative estimate of drug-likeness (QED) is 0.564. The minimum absolute atomic E-state index is 0.245. The summed E-state index contributed by atoms with van der Waals surface area (Å²) in [5, 5.41) is 0. The number of rotatable bonds is 8. The van der Waals surface area contributed by atoms with Crippen LogP contribution in [0.25, 0.3) is 0 Å². The molecule has 35 heavy (non-hydrogen) atoms. The molecule has 0 radical (unpaired) electrons. The van der Waals surface area contributed by atoms with Gasteiger partial charge < -0.3 is 24.2 Å². The Kier molecular flexibility index (Phi) is 7.30. The highest BCUT2D eigenvalue weighted by atomic mass is 19.1. The Balaban J connectivity index is 1.20. The van der Waals surface area contributed by atoms with Gasteiger partial charge >= 0.3 is 0 Å². The van der Waals surface area contributed by atoms with Crippen molar-refractivity contribution in [2.45, 2.75) is 39.7 Å². The van der Waals surface area contributed by atoms with Crippen LogP contribution in [-0.2, 0) is 4.74 Å². The molecular formula is C27H40FN5O2. The van der Waals surface area contributed by atoms with Gasteiger partial charge in [-0.15, -0.1) is 0 Å². The van der Waals surface area contributed by atoms with Gasteiger partial charge in [0.25, 0.3) is 0 Å². The molecule has 1 spiro atoms. The maximum atomic E-state index is 14.2. The molecule has 0 aromatic heterocycles. The molecule has 1 unspecified atom stereocenters. The molecule has 0 bridgehead atoms. The minimum atomic E-state index is -0.252. The molecular weight excluding hydrogens is 445 g/mol. The van der Waals surface area contributed by atoms with E-state index in [1.54, 1.807) is 18.5 Å². The van der Waals surface area contributed by atoms with E-state index in [4.69, 9.17) is 9.47 Å². The fourth-order valence-corrected chi connectivity index (χ4v) is 6.06. The smallest absolute Gasteiger partial charge is 0.175 e. The Morgan fingerprint density at radius 2 is 1.97 bits per heavy atom. The number of aliphatic imine (C=N–C) groups is 2. The van der Waals surface area contributed by atoms with E-state index in [9.17, 15) is 4.39 Å². The maximum Gasteiger partial charge on any atom is 0.175 e. The van der Waals surface area contributed by atoms with Crippen LogP contribution in [0.5, 0.6) is 5.75 Å². The van der Waals surface area contributed by atoms with Crippen molar-refractivity contribution in [2.24, 2.45) is 27.2 Å². The van der Waals surface area contributed by atoms with Crippen LogP contribution in [0.3, 0.4) is 0 Å². The summed E-state index contributed by atoms with van der Waals surface area (Å²) in [5.41, 5.74) is 1.20. The first kappa shape index (κ1) is 24.5. The van der Waals surface area contributed by atoms with Crippen LogP contribution in [-0.4, -0.2) is 93.6 Å². The van der Waals surface area contributed by atoms with E-state index in [-0.39, 0.29) is 11.9 Å². The van der Waals surface area contributed by atoms with Gasteiger partial charge in [-0.05, 0) is 43.7 Å². The molecule has 0 aliphatic carbocycles. The molecule has 192 valence electrons. The van der Waals surface area contributed by atoms with Crippen LogP contribution in [0.15, 0.2) is 28.2 Å². The van der Waals surface area contributed by atoms with Crippen LogP contribution < -0.4 is 9.64 Å². The summed E-state index contributed by atoms with van der Waals surface area (Å²) in [7, 11) is 0. The van der Waals surface area contributed by atoms with Gasteiger partial charge in [-0.3, -0.25) is 4.99 Å². The summed E-state index contributed by atoms with van der Waals surface area (Å²) in [5.74, 6) is 2.66. The number of nitrogens with zero attached hydrogens (tertiary/aromatic N) is 5. The number of halogens is 1. The summed E-state index contributed by atoms with van der Waals surface area (Å²) >= 11 is 0. The largest absolute Gasteiger partial charge is 0.478 e. The standard InChI is InChI=1S/C27H40FN5O2/c1-4-32(13-20(2)3)23-11-22(28)5-6-24(23)35-25-12-29-19-30-26(25)33-17-27(18-33)15-31(16-27)14-21-7-9-34-10-8-21/h5-6,11,19-21,25H,4,7-10,12-18H2,1-3H3. The van der Waals surface area contributed by atoms with Crippen molar-refractivity contribution in [3.05, 3.63) is 24.0 Å². The van der Waals surface area contributed by atoms with Crippen molar-refractivity contribution < 1.29 is 13.9 Å². The SMILES string of the molecule is CCN(CC(C)C)c1cc(F)ccc1OC1CN=CN=C1N1CC2(CN(CC3CCOCC3)C2)C1. The van der Waals surface area contributed by atoms with Crippen LogP contribution in [0, 0.1) is 23.1 Å². The lowest BCUT2D eigenvalue weighted by atomic mass is 9.72. The zero-order chi connectivity index (χ0) is 24.4. The van der Waals surface area contributed by atoms with Crippen molar-refractivity contribution in [2.75, 3.05) is 70.5 Å². The van der Waals surface area contributed by atoms with Gasteiger partial charge in [-0.1, -0.05) is 13.8 Å². The fourth-order valence-electron chi connectivity index (χ4n) is 6.06. The molecule has 0 saturated carbocycles.